The number of benzene rings is 2. The normalized spacial score (nSPS) is 26.2. The minimum atomic E-state index is -4.40. The van der Waals surface area contributed by atoms with E-state index in [1.807, 2.05) is 12.1 Å². The van der Waals surface area contributed by atoms with Gasteiger partial charge in [-0.3, -0.25) is 14.6 Å². The number of piperazine rings is 1. The second kappa shape index (κ2) is 10.9. The lowest BCUT2D eigenvalue weighted by atomic mass is 9.75. The Morgan fingerprint density at radius 3 is 2.41 bits per heavy atom. The predicted molar refractivity (Wildman–Crippen MR) is 137 cm³/mol. The third-order valence-corrected chi connectivity index (χ3v) is 8.28. The zero-order chi connectivity index (χ0) is 26.0. The number of carbonyl (C=O) groups excluding carboxylic acids is 1. The molecule has 2 bridgehead atoms. The first-order chi connectivity index (χ1) is 17.8. The maximum atomic E-state index is 12.8. The first-order valence-electron chi connectivity index (χ1n) is 13.1. The van der Waals surface area contributed by atoms with Crippen LogP contribution >= 0.6 is 0 Å². The number of carbonyl (C=O) groups is 1. The Hall–Kier alpha value is -2.78. The summed E-state index contributed by atoms with van der Waals surface area (Å²) in [5.74, 6) is 1.88. The molecule has 4 aliphatic heterocycles. The molecule has 0 aromatic heterocycles. The van der Waals surface area contributed by atoms with E-state index in [2.05, 4.69) is 32.1 Å². The maximum absolute atomic E-state index is 12.8. The second-order valence-electron chi connectivity index (χ2n) is 10.4. The zero-order valence-electron chi connectivity index (χ0n) is 21.2. The molecule has 0 aliphatic carbocycles. The van der Waals surface area contributed by atoms with Crippen molar-refractivity contribution < 1.29 is 22.7 Å². The molecule has 4 atom stereocenters. The van der Waals surface area contributed by atoms with Gasteiger partial charge < -0.3 is 15.0 Å². The number of para-hydroxylation sites is 2. The Labute approximate surface area is 216 Å². The van der Waals surface area contributed by atoms with Crippen molar-refractivity contribution in [3.05, 3.63) is 59.7 Å². The highest BCUT2D eigenvalue weighted by molar-refractivity contribution is 5.94. The number of nitrogens with zero attached hydrogens (tertiary/aromatic N) is 3. The summed E-state index contributed by atoms with van der Waals surface area (Å²) in [6, 6.07) is 12.9. The predicted octanol–water partition coefficient (Wildman–Crippen LogP) is 3.98. The van der Waals surface area contributed by atoms with E-state index < -0.39 is 11.7 Å². The van der Waals surface area contributed by atoms with Gasteiger partial charge in [0.05, 0.1) is 18.4 Å². The Balaban J connectivity index is 1.08. The SMILES string of the molecule is COc1ccccc1N1CCN(C[C@H]2CN3CC[C@H]2C[C@@H]3CNC(=O)c2ccc(C(F)(F)F)cc2)CC1. The van der Waals surface area contributed by atoms with Crippen molar-refractivity contribution in [2.24, 2.45) is 11.8 Å². The van der Waals surface area contributed by atoms with Gasteiger partial charge in [-0.2, -0.15) is 13.2 Å². The van der Waals surface area contributed by atoms with Crippen molar-refractivity contribution in [3.8, 4) is 5.75 Å². The lowest BCUT2D eigenvalue weighted by molar-refractivity contribution is -0.137. The molecule has 0 spiro atoms. The first kappa shape index (κ1) is 25.9. The molecule has 2 aromatic rings. The van der Waals surface area contributed by atoms with Crippen LogP contribution < -0.4 is 15.0 Å². The van der Waals surface area contributed by atoms with E-state index in [0.29, 0.717) is 18.4 Å². The number of anilines is 1. The minimum Gasteiger partial charge on any atom is -0.495 e. The Bertz CT molecular complexity index is 1070. The van der Waals surface area contributed by atoms with Crippen molar-refractivity contribution >= 4 is 11.6 Å². The highest BCUT2D eigenvalue weighted by atomic mass is 19.4. The van der Waals surface area contributed by atoms with Gasteiger partial charge >= 0.3 is 6.18 Å². The first-order valence-corrected chi connectivity index (χ1v) is 13.1. The van der Waals surface area contributed by atoms with Crippen molar-refractivity contribution in [1.82, 2.24) is 15.1 Å². The van der Waals surface area contributed by atoms with Gasteiger partial charge in [-0.15, -0.1) is 0 Å². The molecule has 37 heavy (non-hydrogen) atoms. The van der Waals surface area contributed by atoms with Crippen LogP contribution in [0.15, 0.2) is 48.5 Å². The fourth-order valence-corrected chi connectivity index (χ4v) is 6.19. The highest BCUT2D eigenvalue weighted by Gasteiger charge is 2.41. The minimum absolute atomic E-state index is 0.258. The van der Waals surface area contributed by atoms with Gasteiger partial charge in [0, 0.05) is 57.4 Å². The van der Waals surface area contributed by atoms with Crippen LogP contribution in [0.4, 0.5) is 18.9 Å². The third kappa shape index (κ3) is 5.88. The number of hydrogen-bond donors (Lipinski definition) is 1. The van der Waals surface area contributed by atoms with Gasteiger partial charge in [-0.1, -0.05) is 12.1 Å². The number of ether oxygens (including phenoxy) is 1. The van der Waals surface area contributed by atoms with Gasteiger partial charge in [0.2, 0.25) is 0 Å². The molecule has 1 N–H and O–H groups in total. The molecule has 1 amide bonds. The summed E-state index contributed by atoms with van der Waals surface area (Å²) in [5.41, 5.74) is 0.676. The lowest BCUT2D eigenvalue weighted by Gasteiger charge is -2.51. The summed E-state index contributed by atoms with van der Waals surface area (Å²) in [6.07, 6.45) is -2.16. The number of alkyl halides is 3. The average Bonchev–Trinajstić information content (AvgIpc) is 2.92. The van der Waals surface area contributed by atoms with Gasteiger partial charge in [0.15, 0.2) is 0 Å². The Morgan fingerprint density at radius 2 is 1.76 bits per heavy atom. The number of rotatable bonds is 7. The number of fused-ring (bicyclic) bond motifs is 3. The molecule has 0 radical (unpaired) electrons. The molecular weight excluding hydrogens is 481 g/mol. The van der Waals surface area contributed by atoms with E-state index in [1.54, 1.807) is 7.11 Å². The van der Waals surface area contributed by atoms with Gasteiger partial charge in [0.25, 0.3) is 5.91 Å². The van der Waals surface area contributed by atoms with Crippen molar-refractivity contribution in [2.45, 2.75) is 25.1 Å². The van der Waals surface area contributed by atoms with Gasteiger partial charge in [-0.25, -0.2) is 0 Å². The highest BCUT2D eigenvalue weighted by Crippen LogP contribution is 2.37. The van der Waals surface area contributed by atoms with Crippen LogP contribution in [-0.4, -0.2) is 81.2 Å². The molecule has 6 rings (SSSR count). The maximum Gasteiger partial charge on any atom is 0.416 e. The largest absolute Gasteiger partial charge is 0.495 e. The number of methoxy groups -OCH3 is 1. The van der Waals surface area contributed by atoms with E-state index in [4.69, 9.17) is 4.74 Å². The fraction of sp³-hybridized carbons (Fsp3) is 0.536. The lowest BCUT2D eigenvalue weighted by Crippen LogP contribution is -2.59. The molecule has 4 saturated heterocycles. The van der Waals surface area contributed by atoms with E-state index in [9.17, 15) is 18.0 Å². The smallest absolute Gasteiger partial charge is 0.416 e. The molecule has 1 unspecified atom stereocenters. The Kier molecular flexibility index (Phi) is 7.62. The molecular formula is C28H35F3N4O2. The number of hydrogen-bond acceptors (Lipinski definition) is 5. The summed E-state index contributed by atoms with van der Waals surface area (Å²) in [6.45, 7) is 7.76. The van der Waals surface area contributed by atoms with Crippen molar-refractivity contribution in [3.63, 3.8) is 0 Å². The van der Waals surface area contributed by atoms with E-state index in [-0.39, 0.29) is 17.5 Å². The van der Waals surface area contributed by atoms with Crippen LogP contribution in [0.1, 0.15) is 28.8 Å². The molecule has 200 valence electrons. The summed E-state index contributed by atoms with van der Waals surface area (Å²) in [5, 5.41) is 2.95. The molecule has 4 aliphatic rings. The number of nitrogens with one attached hydrogen (secondary N) is 1. The molecule has 6 nitrogen and oxygen atoms in total. The molecule has 4 heterocycles. The molecule has 2 aromatic carbocycles. The fourth-order valence-electron chi connectivity index (χ4n) is 6.19. The number of piperidine rings is 3. The van der Waals surface area contributed by atoms with E-state index in [1.165, 1.54) is 18.6 Å². The van der Waals surface area contributed by atoms with Crippen LogP contribution in [-0.2, 0) is 6.18 Å². The van der Waals surface area contributed by atoms with Crippen LogP contribution in [0, 0.1) is 11.8 Å². The second-order valence-corrected chi connectivity index (χ2v) is 10.4. The topological polar surface area (TPSA) is 48.1 Å². The van der Waals surface area contributed by atoms with Gasteiger partial charge in [0.1, 0.15) is 5.75 Å². The zero-order valence-corrected chi connectivity index (χ0v) is 21.2. The summed E-state index contributed by atoms with van der Waals surface area (Å²) >= 11 is 0. The van der Waals surface area contributed by atoms with Crippen LogP contribution in [0.5, 0.6) is 5.75 Å². The van der Waals surface area contributed by atoms with Crippen LogP contribution in [0.3, 0.4) is 0 Å². The van der Waals surface area contributed by atoms with Crippen molar-refractivity contribution in [1.29, 1.82) is 0 Å². The third-order valence-electron chi connectivity index (χ3n) is 8.28. The van der Waals surface area contributed by atoms with E-state index >= 15 is 0 Å². The molecule has 4 fully saturated rings. The monoisotopic (exact) mass is 516 g/mol. The van der Waals surface area contributed by atoms with Crippen molar-refractivity contribution in [2.75, 3.05) is 64.4 Å². The van der Waals surface area contributed by atoms with Gasteiger partial charge in [-0.05, 0) is 67.6 Å². The number of halogens is 3. The Morgan fingerprint density at radius 1 is 1.03 bits per heavy atom. The summed E-state index contributed by atoms with van der Waals surface area (Å²) in [7, 11) is 1.72. The van der Waals surface area contributed by atoms with Crippen LogP contribution in [0.2, 0.25) is 0 Å². The number of amides is 1. The summed E-state index contributed by atoms with van der Waals surface area (Å²) < 4.78 is 43.9. The standard InChI is InChI=1S/C28H35F3N4O2/c1-37-26-5-3-2-4-25(26)34-14-12-33(13-15-34)18-22-19-35-11-10-21(22)16-24(35)17-32-27(36)20-6-8-23(9-7-20)28(29,30)31/h2-9,21-22,24H,10-19H2,1H3,(H,32,36)/t21-,22-,24+/m0/s1. The summed E-state index contributed by atoms with van der Waals surface area (Å²) in [4.78, 5) is 20.0. The molecule has 0 saturated carbocycles. The van der Waals surface area contributed by atoms with Crippen LogP contribution in [0.25, 0.3) is 0 Å². The molecule has 9 heteroatoms. The van der Waals surface area contributed by atoms with E-state index in [0.717, 1.165) is 75.8 Å². The average molecular weight is 517 g/mol. The quantitative estimate of drug-likeness (QED) is 0.604.